The maximum atomic E-state index is 13.1. The summed E-state index contributed by atoms with van der Waals surface area (Å²) in [5.74, 6) is -1.06. The Morgan fingerprint density at radius 3 is 2.12 bits per heavy atom. The summed E-state index contributed by atoms with van der Waals surface area (Å²) in [5, 5.41) is 11.8. The lowest BCUT2D eigenvalue weighted by atomic mass is 10.0. The summed E-state index contributed by atoms with van der Waals surface area (Å²) in [5.41, 5.74) is 1.50. The number of hydrogen-bond acceptors (Lipinski definition) is 4. The highest BCUT2D eigenvalue weighted by molar-refractivity contribution is 5.95. The Bertz CT molecular complexity index is 779. The summed E-state index contributed by atoms with van der Waals surface area (Å²) in [6.45, 7) is 1.80. The number of methoxy groups -OCH3 is 2. The lowest BCUT2D eigenvalue weighted by Crippen LogP contribution is -2.30. The molecule has 1 amide bonds. The zero-order valence-corrected chi connectivity index (χ0v) is 14.7. The predicted octanol–water partition coefficient (Wildman–Crippen LogP) is 3.10. The second-order valence-electron chi connectivity index (χ2n) is 5.68. The monoisotopic (exact) mass is 361 g/mol. The van der Waals surface area contributed by atoms with Crippen LogP contribution in [0.5, 0.6) is 11.5 Å². The zero-order chi connectivity index (χ0) is 19.3. The minimum absolute atomic E-state index is 0.266. The van der Waals surface area contributed by atoms with E-state index in [4.69, 9.17) is 14.6 Å². The molecule has 138 valence electrons. The number of carbonyl (C=O) groups excluding carboxylic acids is 1. The molecule has 0 heterocycles. The van der Waals surface area contributed by atoms with E-state index in [1.165, 1.54) is 38.5 Å². The number of carboxylic acid groups (broad SMARTS) is 1. The molecule has 0 aliphatic heterocycles. The van der Waals surface area contributed by atoms with Gasteiger partial charge in [0.1, 0.15) is 17.3 Å². The number of nitrogens with one attached hydrogen (secondary N) is 1. The summed E-state index contributed by atoms with van der Waals surface area (Å²) in [4.78, 5) is 23.8. The molecule has 1 unspecified atom stereocenters. The SMILES string of the molecule is COc1cc(C(=O)NC(CC(=O)O)c2ccc(F)cc2)cc(OC)c1C. The third-order valence-corrected chi connectivity index (χ3v) is 3.97. The maximum Gasteiger partial charge on any atom is 0.305 e. The summed E-state index contributed by atoms with van der Waals surface area (Å²) in [6.07, 6.45) is -0.336. The van der Waals surface area contributed by atoms with Crippen molar-refractivity contribution in [3.05, 3.63) is 58.9 Å². The molecule has 2 rings (SSSR count). The number of benzene rings is 2. The molecule has 2 aromatic carbocycles. The Morgan fingerprint density at radius 1 is 1.12 bits per heavy atom. The van der Waals surface area contributed by atoms with Crippen LogP contribution in [0.25, 0.3) is 0 Å². The van der Waals surface area contributed by atoms with Gasteiger partial charge in [-0.1, -0.05) is 12.1 Å². The van der Waals surface area contributed by atoms with E-state index in [9.17, 15) is 14.0 Å². The average Bonchev–Trinajstić information content (AvgIpc) is 2.61. The van der Waals surface area contributed by atoms with Crippen molar-refractivity contribution in [2.45, 2.75) is 19.4 Å². The largest absolute Gasteiger partial charge is 0.496 e. The molecule has 0 bridgehead atoms. The van der Waals surface area contributed by atoms with Crippen molar-refractivity contribution < 1.29 is 28.6 Å². The van der Waals surface area contributed by atoms with Crippen molar-refractivity contribution in [2.24, 2.45) is 0 Å². The van der Waals surface area contributed by atoms with Gasteiger partial charge in [0.2, 0.25) is 0 Å². The van der Waals surface area contributed by atoms with E-state index in [1.54, 1.807) is 19.1 Å². The zero-order valence-electron chi connectivity index (χ0n) is 14.7. The molecule has 0 radical (unpaired) electrons. The molecule has 1 atom stereocenters. The van der Waals surface area contributed by atoms with Crippen LogP contribution in [0.4, 0.5) is 4.39 Å². The number of carbonyl (C=O) groups is 2. The normalized spacial score (nSPS) is 11.5. The van der Waals surface area contributed by atoms with E-state index in [0.29, 0.717) is 17.1 Å². The van der Waals surface area contributed by atoms with Crippen molar-refractivity contribution >= 4 is 11.9 Å². The van der Waals surface area contributed by atoms with Crippen LogP contribution in [-0.4, -0.2) is 31.2 Å². The first kappa shape index (κ1) is 19.2. The minimum atomic E-state index is -1.08. The van der Waals surface area contributed by atoms with E-state index in [2.05, 4.69) is 5.32 Å². The first-order valence-corrected chi connectivity index (χ1v) is 7.86. The van der Waals surface area contributed by atoms with E-state index < -0.39 is 23.7 Å². The van der Waals surface area contributed by atoms with Gasteiger partial charge < -0.3 is 19.9 Å². The first-order chi connectivity index (χ1) is 12.3. The first-order valence-electron chi connectivity index (χ1n) is 7.86. The summed E-state index contributed by atoms with van der Waals surface area (Å²) < 4.78 is 23.6. The van der Waals surface area contributed by atoms with Gasteiger partial charge in [-0.2, -0.15) is 0 Å². The molecule has 0 aliphatic carbocycles. The number of ether oxygens (including phenoxy) is 2. The molecule has 0 saturated heterocycles. The van der Waals surface area contributed by atoms with Crippen LogP contribution in [0.15, 0.2) is 36.4 Å². The predicted molar refractivity (Wildman–Crippen MR) is 93.1 cm³/mol. The highest BCUT2D eigenvalue weighted by atomic mass is 19.1. The number of carboxylic acids is 1. The van der Waals surface area contributed by atoms with Gasteiger partial charge in [-0.15, -0.1) is 0 Å². The second-order valence-corrected chi connectivity index (χ2v) is 5.68. The lowest BCUT2D eigenvalue weighted by Gasteiger charge is -2.19. The quantitative estimate of drug-likeness (QED) is 0.792. The van der Waals surface area contributed by atoms with Crippen LogP contribution in [-0.2, 0) is 4.79 Å². The van der Waals surface area contributed by atoms with Crippen molar-refractivity contribution in [1.29, 1.82) is 0 Å². The molecule has 2 aromatic rings. The summed E-state index contributed by atoms with van der Waals surface area (Å²) in [6, 6.07) is 7.62. The number of hydrogen-bond donors (Lipinski definition) is 2. The van der Waals surface area contributed by atoms with E-state index in [0.717, 1.165) is 5.56 Å². The Morgan fingerprint density at radius 2 is 1.65 bits per heavy atom. The molecule has 26 heavy (non-hydrogen) atoms. The van der Waals surface area contributed by atoms with Crippen LogP contribution in [0.1, 0.15) is 33.9 Å². The average molecular weight is 361 g/mol. The molecular formula is C19H20FNO5. The van der Waals surface area contributed by atoms with Crippen LogP contribution >= 0.6 is 0 Å². The van der Waals surface area contributed by atoms with Crippen molar-refractivity contribution in [3.63, 3.8) is 0 Å². The minimum Gasteiger partial charge on any atom is -0.496 e. The van der Waals surface area contributed by atoms with Crippen LogP contribution in [0.2, 0.25) is 0 Å². The molecule has 6 nitrogen and oxygen atoms in total. The number of rotatable bonds is 7. The van der Waals surface area contributed by atoms with Gasteiger partial charge in [0, 0.05) is 11.1 Å². The Kier molecular flexibility index (Phi) is 6.16. The van der Waals surface area contributed by atoms with Gasteiger partial charge in [0.05, 0.1) is 26.7 Å². The third kappa shape index (κ3) is 4.50. The molecular weight excluding hydrogens is 341 g/mol. The van der Waals surface area contributed by atoms with Crippen LogP contribution in [0, 0.1) is 12.7 Å². The maximum absolute atomic E-state index is 13.1. The van der Waals surface area contributed by atoms with Gasteiger partial charge in [0.15, 0.2) is 0 Å². The van der Waals surface area contributed by atoms with E-state index >= 15 is 0 Å². The van der Waals surface area contributed by atoms with Gasteiger partial charge >= 0.3 is 5.97 Å². The van der Waals surface area contributed by atoms with E-state index in [-0.39, 0.29) is 12.0 Å². The molecule has 0 aromatic heterocycles. The van der Waals surface area contributed by atoms with Gasteiger partial charge in [-0.3, -0.25) is 9.59 Å². The highest BCUT2D eigenvalue weighted by Gasteiger charge is 2.21. The molecule has 2 N–H and O–H groups in total. The highest BCUT2D eigenvalue weighted by Crippen LogP contribution is 2.30. The molecule has 0 aliphatic rings. The third-order valence-electron chi connectivity index (χ3n) is 3.97. The Balaban J connectivity index is 2.32. The molecule has 7 heteroatoms. The smallest absolute Gasteiger partial charge is 0.305 e. The van der Waals surface area contributed by atoms with Gasteiger partial charge in [-0.25, -0.2) is 4.39 Å². The van der Waals surface area contributed by atoms with Crippen LogP contribution < -0.4 is 14.8 Å². The fraction of sp³-hybridized carbons (Fsp3) is 0.263. The fourth-order valence-corrected chi connectivity index (χ4v) is 2.58. The molecule has 0 fully saturated rings. The van der Waals surface area contributed by atoms with Crippen LogP contribution in [0.3, 0.4) is 0 Å². The number of aliphatic carboxylic acids is 1. The Labute approximate surface area is 150 Å². The fourth-order valence-electron chi connectivity index (χ4n) is 2.58. The summed E-state index contributed by atoms with van der Waals surface area (Å²) >= 11 is 0. The van der Waals surface area contributed by atoms with Gasteiger partial charge in [0.25, 0.3) is 5.91 Å². The Hall–Kier alpha value is -3.09. The molecule has 0 spiro atoms. The van der Waals surface area contributed by atoms with Crippen molar-refractivity contribution in [1.82, 2.24) is 5.32 Å². The van der Waals surface area contributed by atoms with Crippen molar-refractivity contribution in [2.75, 3.05) is 14.2 Å². The van der Waals surface area contributed by atoms with Crippen molar-refractivity contribution in [3.8, 4) is 11.5 Å². The lowest BCUT2D eigenvalue weighted by molar-refractivity contribution is -0.137. The summed E-state index contributed by atoms with van der Waals surface area (Å²) in [7, 11) is 2.96. The standard InChI is InChI=1S/C19H20FNO5/c1-11-16(25-2)8-13(9-17(11)26-3)19(24)21-15(10-18(22)23)12-4-6-14(20)7-5-12/h4-9,15H,10H2,1-3H3,(H,21,24)(H,22,23). The topological polar surface area (TPSA) is 84.9 Å². The number of halogens is 1. The van der Waals surface area contributed by atoms with E-state index in [1.807, 2.05) is 0 Å². The molecule has 0 saturated carbocycles. The number of amides is 1. The second kappa shape index (κ2) is 8.33. The van der Waals surface area contributed by atoms with Gasteiger partial charge in [-0.05, 0) is 36.8 Å².